The van der Waals surface area contributed by atoms with Gasteiger partial charge in [-0.1, -0.05) is 72.8 Å². The van der Waals surface area contributed by atoms with E-state index in [4.69, 9.17) is 0 Å². The molecule has 0 saturated heterocycles. The molecule has 0 bridgehead atoms. The average molecular weight is 318 g/mol. The molecule has 0 aliphatic carbocycles. The fourth-order valence-corrected chi connectivity index (χ4v) is 2.26. The van der Waals surface area contributed by atoms with E-state index >= 15 is 0 Å². The third-order valence-corrected chi connectivity index (χ3v) is 3.80. The lowest BCUT2D eigenvalue weighted by Gasteiger charge is -2.28. The van der Waals surface area contributed by atoms with E-state index in [1.807, 2.05) is 62.5 Å². The van der Waals surface area contributed by atoms with Crippen molar-refractivity contribution in [3.63, 3.8) is 0 Å². The number of hydrogen-bond acceptors (Lipinski definition) is 2. The highest BCUT2D eigenvalue weighted by atomic mass is 35.5. The Hall–Kier alpha value is -1.61. The molecular weight excluding hydrogens is 294 g/mol. The van der Waals surface area contributed by atoms with Gasteiger partial charge in [0, 0.05) is 12.6 Å². The average Bonchev–Trinajstić information content (AvgIpc) is 2.55. The van der Waals surface area contributed by atoms with E-state index < -0.39 is 6.10 Å². The van der Waals surface area contributed by atoms with Gasteiger partial charge in [0.1, 0.15) is 0 Å². The van der Waals surface area contributed by atoms with E-state index in [9.17, 15) is 5.11 Å². The zero-order valence-electron chi connectivity index (χ0n) is 13.1. The Bertz CT molecular complexity index is 556. The number of rotatable bonds is 6. The van der Waals surface area contributed by atoms with Crippen molar-refractivity contribution in [2.24, 2.45) is 0 Å². The first-order valence-corrected chi connectivity index (χ1v) is 7.33. The van der Waals surface area contributed by atoms with E-state index in [1.54, 1.807) is 0 Å². The molecule has 0 radical (unpaired) electrons. The first-order valence-electron chi connectivity index (χ1n) is 7.33. The first-order chi connectivity index (χ1) is 10.2. The second-order valence-corrected chi connectivity index (χ2v) is 5.35. The number of nitrogens with zero attached hydrogens (tertiary/aromatic N) is 1. The molecule has 2 aromatic carbocycles. The van der Waals surface area contributed by atoms with E-state index in [2.05, 4.69) is 29.2 Å². The summed E-state index contributed by atoms with van der Waals surface area (Å²) in [4.78, 5) is 2.15. The van der Waals surface area contributed by atoms with Crippen LogP contribution in [0.3, 0.4) is 0 Å². The molecule has 0 spiro atoms. The Kier molecular flexibility index (Phi) is 7.89. The lowest BCUT2D eigenvalue weighted by molar-refractivity contribution is 0.0787. The quantitative estimate of drug-likeness (QED) is 0.864. The van der Waals surface area contributed by atoms with Gasteiger partial charge in [0.15, 0.2) is 0 Å². The van der Waals surface area contributed by atoms with Crippen LogP contribution in [0.5, 0.6) is 0 Å². The van der Waals surface area contributed by atoms with Gasteiger partial charge in [-0.2, -0.15) is 0 Å². The summed E-state index contributed by atoms with van der Waals surface area (Å²) in [5, 5.41) is 10.4. The van der Waals surface area contributed by atoms with Gasteiger partial charge in [-0.15, -0.1) is 12.4 Å². The number of aliphatic hydroxyl groups is 1. The minimum Gasteiger partial charge on any atom is -0.387 e. The van der Waals surface area contributed by atoms with Crippen LogP contribution >= 0.6 is 12.4 Å². The van der Waals surface area contributed by atoms with Crippen LogP contribution in [0.1, 0.15) is 24.2 Å². The molecule has 0 amide bonds. The number of likely N-dealkylation sites (N-methyl/N-ethyl adjacent to an activating group) is 1. The van der Waals surface area contributed by atoms with Gasteiger partial charge in [-0.3, -0.25) is 4.90 Å². The summed E-state index contributed by atoms with van der Waals surface area (Å²) in [7, 11) is 2.03. The number of benzene rings is 2. The van der Waals surface area contributed by atoms with E-state index in [1.165, 1.54) is 5.56 Å². The molecule has 0 saturated carbocycles. The van der Waals surface area contributed by atoms with Gasteiger partial charge in [0.2, 0.25) is 0 Å². The van der Waals surface area contributed by atoms with Gasteiger partial charge in [0.25, 0.3) is 0 Å². The molecule has 22 heavy (non-hydrogen) atoms. The molecular formula is C19H24ClNO. The number of aliphatic hydroxyl groups excluding tert-OH is 1. The highest BCUT2D eigenvalue weighted by Gasteiger charge is 2.19. The van der Waals surface area contributed by atoms with Gasteiger partial charge in [-0.05, 0) is 25.1 Å². The molecule has 0 heterocycles. The van der Waals surface area contributed by atoms with Crippen LogP contribution in [0.15, 0.2) is 66.7 Å². The molecule has 2 aromatic rings. The second kappa shape index (κ2) is 9.42. The van der Waals surface area contributed by atoms with Crippen molar-refractivity contribution in [2.75, 3.05) is 13.6 Å². The summed E-state index contributed by atoms with van der Waals surface area (Å²) in [5.41, 5.74) is 2.16. The summed E-state index contributed by atoms with van der Waals surface area (Å²) in [6.45, 7) is 2.86. The van der Waals surface area contributed by atoms with Gasteiger partial charge >= 0.3 is 0 Å². The van der Waals surface area contributed by atoms with Crippen LogP contribution in [-0.4, -0.2) is 29.6 Å². The predicted octanol–water partition coefficient (Wildman–Crippen LogP) is 4.18. The maximum Gasteiger partial charge on any atom is 0.0942 e. The summed E-state index contributed by atoms with van der Waals surface area (Å²) in [5.74, 6) is 0. The lowest BCUT2D eigenvalue weighted by atomic mass is 10.0. The summed E-state index contributed by atoms with van der Waals surface area (Å²) in [6, 6.07) is 20.1. The van der Waals surface area contributed by atoms with Crippen molar-refractivity contribution in [3.8, 4) is 0 Å². The van der Waals surface area contributed by atoms with Crippen molar-refractivity contribution in [3.05, 3.63) is 77.9 Å². The van der Waals surface area contributed by atoms with Crippen LogP contribution in [-0.2, 0) is 0 Å². The van der Waals surface area contributed by atoms with Crippen LogP contribution < -0.4 is 0 Å². The molecule has 118 valence electrons. The summed E-state index contributed by atoms with van der Waals surface area (Å²) >= 11 is 0. The van der Waals surface area contributed by atoms with E-state index in [-0.39, 0.29) is 18.4 Å². The van der Waals surface area contributed by atoms with Gasteiger partial charge in [-0.25, -0.2) is 0 Å². The maximum atomic E-state index is 10.4. The fourth-order valence-electron chi connectivity index (χ4n) is 2.26. The van der Waals surface area contributed by atoms with Crippen molar-refractivity contribution >= 4 is 18.5 Å². The molecule has 3 heteroatoms. The van der Waals surface area contributed by atoms with Crippen molar-refractivity contribution in [1.82, 2.24) is 4.90 Å². The third kappa shape index (κ3) is 5.30. The standard InChI is InChI=1S/C19H23NO.ClH/c1-16(19(21)18-13-7-4-8-14-18)20(2)15-9-12-17-10-5-3-6-11-17;/h3-14,16,19,21H,15H2,1-2H3;1H/t16-,19-;/m0./s1. The Morgan fingerprint density at radius 2 is 1.55 bits per heavy atom. The summed E-state index contributed by atoms with van der Waals surface area (Å²) in [6.07, 6.45) is 3.77. The third-order valence-electron chi connectivity index (χ3n) is 3.80. The fraction of sp³-hybridized carbons (Fsp3) is 0.263. The zero-order valence-corrected chi connectivity index (χ0v) is 13.9. The Morgan fingerprint density at radius 1 is 1.00 bits per heavy atom. The van der Waals surface area contributed by atoms with Crippen LogP contribution in [0.25, 0.3) is 6.08 Å². The van der Waals surface area contributed by atoms with Gasteiger partial charge < -0.3 is 5.11 Å². The smallest absolute Gasteiger partial charge is 0.0942 e. The number of halogens is 1. The van der Waals surface area contributed by atoms with Crippen molar-refractivity contribution < 1.29 is 5.11 Å². The highest BCUT2D eigenvalue weighted by molar-refractivity contribution is 5.85. The Morgan fingerprint density at radius 3 is 2.14 bits per heavy atom. The van der Waals surface area contributed by atoms with E-state index in [0.717, 1.165) is 12.1 Å². The van der Waals surface area contributed by atoms with E-state index in [0.29, 0.717) is 0 Å². The Labute approximate surface area is 139 Å². The monoisotopic (exact) mass is 317 g/mol. The molecule has 1 N–H and O–H groups in total. The SMILES string of the molecule is C[C@@H]([C@H](O)c1ccccc1)N(C)CC=Cc1ccccc1.Cl. The molecule has 0 unspecified atom stereocenters. The van der Waals surface area contributed by atoms with Crippen LogP contribution in [0.4, 0.5) is 0 Å². The molecule has 0 aromatic heterocycles. The largest absolute Gasteiger partial charge is 0.387 e. The van der Waals surface area contributed by atoms with Crippen LogP contribution in [0, 0.1) is 0 Å². The molecule has 0 aliphatic rings. The predicted molar refractivity (Wildman–Crippen MR) is 96.2 cm³/mol. The minimum absolute atomic E-state index is 0. The Balaban J connectivity index is 0.00000242. The molecule has 2 nitrogen and oxygen atoms in total. The zero-order chi connectivity index (χ0) is 15.1. The second-order valence-electron chi connectivity index (χ2n) is 5.35. The topological polar surface area (TPSA) is 23.5 Å². The first kappa shape index (κ1) is 18.4. The minimum atomic E-state index is -0.471. The van der Waals surface area contributed by atoms with Crippen LogP contribution in [0.2, 0.25) is 0 Å². The normalized spacial score (nSPS) is 13.8. The molecule has 2 rings (SSSR count). The molecule has 0 fully saturated rings. The highest BCUT2D eigenvalue weighted by Crippen LogP contribution is 2.19. The molecule has 0 aliphatic heterocycles. The van der Waals surface area contributed by atoms with Crippen molar-refractivity contribution in [1.29, 1.82) is 0 Å². The number of hydrogen-bond donors (Lipinski definition) is 1. The summed E-state index contributed by atoms with van der Waals surface area (Å²) < 4.78 is 0. The molecule has 2 atom stereocenters. The van der Waals surface area contributed by atoms with Gasteiger partial charge in [0.05, 0.1) is 6.10 Å². The van der Waals surface area contributed by atoms with Crippen molar-refractivity contribution in [2.45, 2.75) is 19.1 Å². The maximum absolute atomic E-state index is 10.4. The lowest BCUT2D eigenvalue weighted by Crippen LogP contribution is -2.34.